The van der Waals surface area contributed by atoms with Gasteiger partial charge >= 0.3 is 0 Å². The summed E-state index contributed by atoms with van der Waals surface area (Å²) in [6, 6.07) is 9.36. The summed E-state index contributed by atoms with van der Waals surface area (Å²) >= 11 is 0. The van der Waals surface area contributed by atoms with Crippen LogP contribution < -0.4 is 25.6 Å². The molecule has 5 fully saturated rings. The third-order valence-electron chi connectivity index (χ3n) is 11.6. The second-order valence-corrected chi connectivity index (χ2v) is 14.7. The van der Waals surface area contributed by atoms with Gasteiger partial charge in [-0.1, -0.05) is 5.57 Å². The van der Waals surface area contributed by atoms with Crippen molar-refractivity contribution in [2.24, 2.45) is 0 Å². The summed E-state index contributed by atoms with van der Waals surface area (Å²) in [6.45, 7) is 8.05. The average molecular weight is 682 g/mol. The highest BCUT2D eigenvalue weighted by molar-refractivity contribution is 6.23. The molecule has 1 aliphatic carbocycles. The summed E-state index contributed by atoms with van der Waals surface area (Å²) in [4.78, 5) is 61.4. The first-order valence-electron chi connectivity index (χ1n) is 18.3. The Labute approximate surface area is 293 Å². The second kappa shape index (κ2) is 13.3. The van der Waals surface area contributed by atoms with Gasteiger partial charge in [0, 0.05) is 82.3 Å². The zero-order chi connectivity index (χ0) is 34.5. The van der Waals surface area contributed by atoms with Crippen LogP contribution in [-0.4, -0.2) is 110 Å². The number of imide groups is 2. The Kier molecular flexibility index (Phi) is 8.66. The first kappa shape index (κ1) is 32.6. The van der Waals surface area contributed by atoms with E-state index in [1.165, 1.54) is 42.5 Å². The number of nitrogens with zero attached hydrogens (tertiary/aromatic N) is 5. The molecule has 50 heavy (non-hydrogen) atoms. The number of benzene rings is 2. The van der Waals surface area contributed by atoms with Gasteiger partial charge in [0.1, 0.15) is 11.8 Å². The Morgan fingerprint density at radius 2 is 1.50 bits per heavy atom. The SMILES string of the molecule is COc1cc(N2CCC(N3CCN(C=C4CCN(c5ccc6c(c5)C(=O)N(C5CCC(=O)NC5=O)C6=O)CC4)CC3)CC2)c(C2CC2)cc1N. The number of piperazine rings is 1. The van der Waals surface area contributed by atoms with Gasteiger partial charge in [0.05, 0.1) is 23.9 Å². The van der Waals surface area contributed by atoms with Crippen molar-refractivity contribution in [2.45, 2.75) is 69.4 Å². The quantitative estimate of drug-likeness (QED) is 0.332. The van der Waals surface area contributed by atoms with Crippen molar-refractivity contribution in [3.05, 3.63) is 58.8 Å². The molecule has 0 aromatic heterocycles. The van der Waals surface area contributed by atoms with Crippen molar-refractivity contribution >= 4 is 40.7 Å². The maximum absolute atomic E-state index is 13.3. The number of amides is 4. The van der Waals surface area contributed by atoms with Crippen molar-refractivity contribution < 1.29 is 23.9 Å². The molecule has 4 amide bonds. The van der Waals surface area contributed by atoms with E-state index in [9.17, 15) is 19.2 Å². The van der Waals surface area contributed by atoms with E-state index in [-0.39, 0.29) is 18.7 Å². The lowest BCUT2D eigenvalue weighted by molar-refractivity contribution is -0.136. The van der Waals surface area contributed by atoms with Crippen molar-refractivity contribution in [1.82, 2.24) is 20.0 Å². The number of ether oxygens (including phenoxy) is 1. The molecule has 1 atom stereocenters. The fourth-order valence-electron chi connectivity index (χ4n) is 8.57. The molecule has 0 radical (unpaired) electrons. The number of carbonyl (C=O) groups excluding carboxylic acids is 4. The van der Waals surface area contributed by atoms with Crippen LogP contribution in [0.4, 0.5) is 17.1 Å². The fourth-order valence-corrected chi connectivity index (χ4v) is 8.57. The number of hydrogen-bond donors (Lipinski definition) is 2. The maximum atomic E-state index is 13.3. The second-order valence-electron chi connectivity index (χ2n) is 14.7. The van der Waals surface area contributed by atoms with E-state index < -0.39 is 23.8 Å². The molecule has 6 aliphatic rings. The summed E-state index contributed by atoms with van der Waals surface area (Å²) < 4.78 is 5.57. The molecule has 5 heterocycles. The van der Waals surface area contributed by atoms with Crippen LogP contribution in [0.15, 0.2) is 42.1 Å². The van der Waals surface area contributed by atoms with Crippen LogP contribution in [-0.2, 0) is 9.59 Å². The summed E-state index contributed by atoms with van der Waals surface area (Å²) in [5.41, 5.74) is 12.7. The molecule has 8 rings (SSSR count). The standard InChI is InChI=1S/C38H47N7O5/c1-50-34-22-33(29(21-31(34)39)25-2-3-25)44-14-10-26(11-15-44)43-18-16-41(17-19-43)23-24-8-12-42(13-9-24)27-4-5-28-30(20-27)38(49)45(37(28)48)32-6-7-35(46)40-36(32)47/h4-5,20-23,25-26,32H,2-3,6-19,39H2,1H3,(H,40,46,47). The highest BCUT2D eigenvalue weighted by atomic mass is 16.5. The molecular formula is C38H47N7O5. The third-order valence-corrected chi connectivity index (χ3v) is 11.6. The van der Waals surface area contributed by atoms with E-state index in [2.05, 4.69) is 43.2 Å². The van der Waals surface area contributed by atoms with E-state index >= 15 is 0 Å². The lowest BCUT2D eigenvalue weighted by Gasteiger charge is -2.43. The third kappa shape index (κ3) is 6.18. The van der Waals surface area contributed by atoms with E-state index in [0.29, 0.717) is 23.1 Å². The van der Waals surface area contributed by atoms with Crippen molar-refractivity contribution in [2.75, 3.05) is 75.0 Å². The number of methoxy groups -OCH3 is 1. The topological polar surface area (TPSA) is 132 Å². The molecule has 0 bridgehead atoms. The molecule has 2 aromatic carbocycles. The molecule has 1 unspecified atom stereocenters. The molecule has 12 nitrogen and oxygen atoms in total. The van der Waals surface area contributed by atoms with Crippen molar-refractivity contribution in [3.8, 4) is 5.75 Å². The molecule has 12 heteroatoms. The van der Waals surface area contributed by atoms with Crippen LogP contribution in [0.25, 0.3) is 0 Å². The number of nitrogens with two attached hydrogens (primary N) is 1. The Bertz CT molecular complexity index is 1730. The van der Waals surface area contributed by atoms with Gasteiger partial charge in [0.15, 0.2) is 0 Å². The van der Waals surface area contributed by atoms with Gasteiger partial charge in [0.2, 0.25) is 11.8 Å². The van der Waals surface area contributed by atoms with E-state index in [0.717, 1.165) is 87.2 Å². The predicted octanol–water partition coefficient (Wildman–Crippen LogP) is 3.33. The monoisotopic (exact) mass is 681 g/mol. The van der Waals surface area contributed by atoms with Crippen LogP contribution >= 0.6 is 0 Å². The summed E-state index contributed by atoms with van der Waals surface area (Å²) in [6.07, 6.45) is 9.39. The minimum Gasteiger partial charge on any atom is -0.495 e. The maximum Gasteiger partial charge on any atom is 0.262 e. The minimum absolute atomic E-state index is 0.108. The molecule has 5 aliphatic heterocycles. The highest BCUT2D eigenvalue weighted by Crippen LogP contribution is 2.47. The minimum atomic E-state index is -0.952. The summed E-state index contributed by atoms with van der Waals surface area (Å²) in [5.74, 6) is -0.484. The van der Waals surface area contributed by atoms with Gasteiger partial charge < -0.3 is 25.2 Å². The molecule has 0 spiro atoms. The number of nitrogen functional groups attached to an aromatic ring is 1. The van der Waals surface area contributed by atoms with Crippen LogP contribution in [0.5, 0.6) is 5.75 Å². The van der Waals surface area contributed by atoms with E-state index in [4.69, 9.17) is 10.5 Å². The number of hydrogen-bond acceptors (Lipinski definition) is 10. The largest absolute Gasteiger partial charge is 0.495 e. The van der Waals surface area contributed by atoms with Crippen LogP contribution in [0, 0.1) is 0 Å². The number of piperidine rings is 3. The van der Waals surface area contributed by atoms with Crippen molar-refractivity contribution in [3.63, 3.8) is 0 Å². The van der Waals surface area contributed by atoms with E-state index in [1.54, 1.807) is 19.2 Å². The lowest BCUT2D eigenvalue weighted by atomic mass is 9.99. The Morgan fingerprint density at radius 1 is 0.780 bits per heavy atom. The first-order chi connectivity index (χ1) is 24.3. The van der Waals surface area contributed by atoms with Gasteiger partial charge in [-0.05, 0) is 86.9 Å². The van der Waals surface area contributed by atoms with Gasteiger partial charge in [-0.25, -0.2) is 0 Å². The first-order valence-corrected chi connectivity index (χ1v) is 18.3. The molecule has 3 N–H and O–H groups in total. The Hall–Kier alpha value is -4.58. The zero-order valence-corrected chi connectivity index (χ0v) is 28.9. The zero-order valence-electron chi connectivity index (χ0n) is 28.9. The Morgan fingerprint density at radius 3 is 2.18 bits per heavy atom. The number of carbonyl (C=O) groups is 4. The molecular weight excluding hydrogens is 634 g/mol. The van der Waals surface area contributed by atoms with E-state index in [1.807, 2.05) is 6.07 Å². The number of fused-ring (bicyclic) bond motifs is 1. The number of anilines is 3. The molecule has 1 saturated carbocycles. The summed E-state index contributed by atoms with van der Waals surface area (Å²) in [5, 5.41) is 2.25. The summed E-state index contributed by atoms with van der Waals surface area (Å²) in [7, 11) is 1.70. The van der Waals surface area contributed by atoms with Crippen LogP contribution in [0.1, 0.15) is 83.6 Å². The number of nitrogens with one attached hydrogen (secondary N) is 1. The highest BCUT2D eigenvalue weighted by Gasteiger charge is 2.45. The fraction of sp³-hybridized carbons (Fsp3) is 0.526. The molecule has 4 saturated heterocycles. The average Bonchev–Trinajstić information content (AvgIpc) is 3.95. The lowest BCUT2D eigenvalue weighted by Crippen LogP contribution is -2.54. The smallest absolute Gasteiger partial charge is 0.262 e. The predicted molar refractivity (Wildman–Crippen MR) is 190 cm³/mol. The normalized spacial score (nSPS) is 23.8. The van der Waals surface area contributed by atoms with Gasteiger partial charge in [-0.3, -0.25) is 34.3 Å². The van der Waals surface area contributed by atoms with Crippen LogP contribution in [0.3, 0.4) is 0 Å². The van der Waals surface area contributed by atoms with Gasteiger partial charge in [-0.2, -0.15) is 0 Å². The van der Waals surface area contributed by atoms with Crippen LogP contribution in [0.2, 0.25) is 0 Å². The number of rotatable bonds is 7. The van der Waals surface area contributed by atoms with Gasteiger partial charge in [0.25, 0.3) is 11.8 Å². The molecule has 2 aromatic rings. The Balaban J connectivity index is 0.820. The van der Waals surface area contributed by atoms with Crippen molar-refractivity contribution in [1.29, 1.82) is 0 Å². The van der Waals surface area contributed by atoms with Gasteiger partial charge in [-0.15, -0.1) is 0 Å². The molecule has 264 valence electrons.